The zero-order valence-corrected chi connectivity index (χ0v) is 10.2. The summed E-state index contributed by atoms with van der Waals surface area (Å²) < 4.78 is 29.8. The van der Waals surface area contributed by atoms with E-state index in [9.17, 15) is 13.5 Å². The summed E-state index contributed by atoms with van der Waals surface area (Å²) in [4.78, 5) is 0. The van der Waals surface area contributed by atoms with Crippen molar-refractivity contribution in [2.45, 2.75) is 25.9 Å². The molecule has 5 heteroatoms. The number of hydrogen-bond donors (Lipinski definition) is 2. The average molecular weight is 244 g/mol. The van der Waals surface area contributed by atoms with E-state index in [0.717, 1.165) is 11.1 Å². The van der Waals surface area contributed by atoms with Gasteiger partial charge >= 0.3 is 0 Å². The maximum Gasteiger partial charge on any atom is 0.265 e. The van der Waals surface area contributed by atoms with E-state index in [1.807, 2.05) is 0 Å². The Morgan fingerprint density at radius 2 is 1.94 bits per heavy atom. The van der Waals surface area contributed by atoms with E-state index >= 15 is 0 Å². The predicted molar refractivity (Wildman–Crippen MR) is 61.8 cm³/mol. The Morgan fingerprint density at radius 1 is 1.31 bits per heavy atom. The van der Waals surface area contributed by atoms with Gasteiger partial charge in [-0.15, -0.1) is 0 Å². The van der Waals surface area contributed by atoms with Crippen molar-refractivity contribution >= 4 is 10.1 Å². The molecule has 0 fully saturated rings. The smallest absolute Gasteiger partial charge is 0.265 e. The van der Waals surface area contributed by atoms with Crippen molar-refractivity contribution in [3.63, 3.8) is 0 Å². The van der Waals surface area contributed by atoms with Crippen LogP contribution in [-0.4, -0.2) is 23.8 Å². The van der Waals surface area contributed by atoms with Gasteiger partial charge in [-0.2, -0.15) is 8.42 Å². The molecule has 90 valence electrons. The van der Waals surface area contributed by atoms with Crippen LogP contribution in [0.5, 0.6) is 0 Å². The predicted octanol–water partition coefficient (Wildman–Crippen LogP) is 1.34. The molecule has 0 heterocycles. The fourth-order valence-electron chi connectivity index (χ4n) is 1.35. The Labute approximate surface area is 95.7 Å². The number of aryl methyl sites for hydroxylation is 1. The normalized spacial score (nSPS) is 12.8. The van der Waals surface area contributed by atoms with Gasteiger partial charge in [0.25, 0.3) is 10.1 Å². The van der Waals surface area contributed by atoms with E-state index in [2.05, 4.69) is 0 Å². The van der Waals surface area contributed by atoms with Crippen molar-refractivity contribution in [1.29, 1.82) is 0 Å². The molecule has 0 aliphatic heterocycles. The molecule has 0 saturated heterocycles. The summed E-state index contributed by atoms with van der Waals surface area (Å²) in [5.41, 5.74) is 0.547. The van der Waals surface area contributed by atoms with Crippen LogP contribution in [-0.2, 0) is 22.1 Å². The zero-order chi connectivity index (χ0) is 12.4. The third-order valence-electron chi connectivity index (χ3n) is 2.28. The first-order chi connectivity index (χ1) is 7.18. The highest BCUT2D eigenvalue weighted by Crippen LogP contribution is 2.20. The van der Waals surface area contributed by atoms with Gasteiger partial charge in [0.15, 0.2) is 0 Å². The van der Waals surface area contributed by atoms with Gasteiger partial charge in [0.05, 0.1) is 11.4 Å². The molecule has 0 aromatic heterocycles. The molecule has 16 heavy (non-hydrogen) atoms. The van der Waals surface area contributed by atoms with Gasteiger partial charge in [-0.3, -0.25) is 4.55 Å². The Balaban J connectivity index is 2.84. The lowest BCUT2D eigenvalue weighted by Crippen LogP contribution is -2.16. The lowest BCUT2D eigenvalue weighted by Gasteiger charge is -2.18. The van der Waals surface area contributed by atoms with Gasteiger partial charge in [0.2, 0.25) is 0 Å². The summed E-state index contributed by atoms with van der Waals surface area (Å²) in [6.45, 7) is 3.32. The second kappa shape index (κ2) is 4.53. The third-order valence-corrected chi connectivity index (χ3v) is 3.00. The minimum Gasteiger partial charge on any atom is -0.386 e. The van der Waals surface area contributed by atoms with Crippen molar-refractivity contribution in [3.05, 3.63) is 35.4 Å². The SMILES string of the molecule is CC(C)(O)c1cccc(CCS(=O)(=O)O)c1. The van der Waals surface area contributed by atoms with Crippen LogP contribution < -0.4 is 0 Å². The van der Waals surface area contributed by atoms with E-state index in [0.29, 0.717) is 0 Å². The van der Waals surface area contributed by atoms with E-state index in [1.165, 1.54) is 0 Å². The molecule has 1 aromatic rings. The molecule has 1 aromatic carbocycles. The first-order valence-corrected chi connectivity index (χ1v) is 6.56. The van der Waals surface area contributed by atoms with Gasteiger partial charge in [0.1, 0.15) is 0 Å². The molecule has 0 aliphatic rings. The molecule has 0 spiro atoms. The second-order valence-electron chi connectivity index (χ2n) is 4.30. The minimum absolute atomic E-state index is 0.239. The standard InChI is InChI=1S/C11H16O4S/c1-11(2,12)10-5-3-4-9(8-10)6-7-16(13,14)15/h3-5,8,12H,6-7H2,1-2H3,(H,13,14,15). The number of rotatable bonds is 4. The van der Waals surface area contributed by atoms with Crippen LogP contribution in [0.3, 0.4) is 0 Å². The van der Waals surface area contributed by atoms with Crippen molar-refractivity contribution < 1.29 is 18.1 Å². The molecule has 0 bridgehead atoms. The van der Waals surface area contributed by atoms with Gasteiger partial charge in [-0.25, -0.2) is 0 Å². The fourth-order valence-corrected chi connectivity index (χ4v) is 1.85. The maximum atomic E-state index is 10.6. The average Bonchev–Trinajstić information content (AvgIpc) is 2.13. The summed E-state index contributed by atoms with van der Waals surface area (Å²) >= 11 is 0. The fraction of sp³-hybridized carbons (Fsp3) is 0.455. The lowest BCUT2D eigenvalue weighted by atomic mass is 9.96. The van der Waals surface area contributed by atoms with Gasteiger partial charge < -0.3 is 5.11 Å². The molecule has 0 saturated carbocycles. The number of benzene rings is 1. The summed E-state index contributed by atoms with van der Waals surface area (Å²) in [6.07, 6.45) is 0.239. The highest BCUT2D eigenvalue weighted by atomic mass is 32.2. The quantitative estimate of drug-likeness (QED) is 0.784. The molecular formula is C11H16O4S. The molecule has 0 unspecified atom stereocenters. The molecule has 1 rings (SSSR count). The van der Waals surface area contributed by atoms with E-state index < -0.39 is 15.7 Å². The van der Waals surface area contributed by atoms with Crippen LogP contribution in [0.2, 0.25) is 0 Å². The van der Waals surface area contributed by atoms with Crippen LogP contribution in [0, 0.1) is 0 Å². The molecular weight excluding hydrogens is 228 g/mol. The first kappa shape index (κ1) is 13.2. The van der Waals surface area contributed by atoms with E-state index in [1.54, 1.807) is 38.1 Å². The highest BCUT2D eigenvalue weighted by molar-refractivity contribution is 7.85. The highest BCUT2D eigenvalue weighted by Gasteiger charge is 2.16. The third kappa shape index (κ3) is 4.30. The Kier molecular flexibility index (Phi) is 3.72. The largest absolute Gasteiger partial charge is 0.386 e. The molecule has 0 aliphatic carbocycles. The van der Waals surface area contributed by atoms with Gasteiger partial charge in [0, 0.05) is 0 Å². The second-order valence-corrected chi connectivity index (χ2v) is 5.87. The monoisotopic (exact) mass is 244 g/mol. The lowest BCUT2D eigenvalue weighted by molar-refractivity contribution is 0.0785. The molecule has 2 N–H and O–H groups in total. The summed E-state index contributed by atoms with van der Waals surface area (Å²) in [5.74, 6) is -0.303. The maximum absolute atomic E-state index is 10.6. The van der Waals surface area contributed by atoms with Gasteiger partial charge in [-0.05, 0) is 31.4 Å². The first-order valence-electron chi connectivity index (χ1n) is 4.95. The Bertz CT molecular complexity index is 457. The van der Waals surface area contributed by atoms with E-state index in [-0.39, 0.29) is 12.2 Å². The summed E-state index contributed by atoms with van der Waals surface area (Å²) in [5, 5.41) is 9.77. The van der Waals surface area contributed by atoms with Crippen molar-refractivity contribution in [2.24, 2.45) is 0 Å². The molecule has 0 amide bonds. The topological polar surface area (TPSA) is 74.6 Å². The summed E-state index contributed by atoms with van der Waals surface area (Å²) in [7, 11) is -3.93. The van der Waals surface area contributed by atoms with E-state index in [4.69, 9.17) is 4.55 Å². The molecule has 0 atom stereocenters. The molecule has 4 nitrogen and oxygen atoms in total. The zero-order valence-electron chi connectivity index (χ0n) is 9.34. The van der Waals surface area contributed by atoms with Crippen LogP contribution in [0.1, 0.15) is 25.0 Å². The van der Waals surface area contributed by atoms with Crippen LogP contribution in [0.4, 0.5) is 0 Å². The number of aliphatic hydroxyl groups is 1. The van der Waals surface area contributed by atoms with Crippen LogP contribution >= 0.6 is 0 Å². The van der Waals surface area contributed by atoms with Crippen LogP contribution in [0.25, 0.3) is 0 Å². The van der Waals surface area contributed by atoms with Crippen molar-refractivity contribution in [2.75, 3.05) is 5.75 Å². The number of hydrogen-bond acceptors (Lipinski definition) is 3. The minimum atomic E-state index is -3.93. The Hall–Kier alpha value is -0.910. The van der Waals surface area contributed by atoms with Gasteiger partial charge in [-0.1, -0.05) is 24.3 Å². The molecule has 0 radical (unpaired) electrons. The Morgan fingerprint density at radius 3 is 2.44 bits per heavy atom. The summed E-state index contributed by atoms with van der Waals surface area (Å²) in [6, 6.07) is 7.04. The van der Waals surface area contributed by atoms with Crippen molar-refractivity contribution in [3.8, 4) is 0 Å². The van der Waals surface area contributed by atoms with Crippen LogP contribution in [0.15, 0.2) is 24.3 Å². The van der Waals surface area contributed by atoms with Crippen molar-refractivity contribution in [1.82, 2.24) is 0 Å².